The Balaban J connectivity index is 1.85. The van der Waals surface area contributed by atoms with E-state index in [4.69, 9.17) is 0 Å². The number of hydrazine groups is 1. The van der Waals surface area contributed by atoms with Gasteiger partial charge < -0.3 is 0 Å². The number of anilines is 1. The first kappa shape index (κ1) is 16.4. The van der Waals surface area contributed by atoms with Crippen LogP contribution in [0.1, 0.15) is 35.4 Å². The summed E-state index contributed by atoms with van der Waals surface area (Å²) >= 11 is 1.32. The van der Waals surface area contributed by atoms with Crippen LogP contribution in [0.25, 0.3) is 0 Å². The summed E-state index contributed by atoms with van der Waals surface area (Å²) in [5.41, 5.74) is 8.86. The lowest BCUT2D eigenvalue weighted by molar-refractivity contribution is 0.564. The maximum atomic E-state index is 12.7. The largest absolute Gasteiger partial charge is 0.278 e. The highest BCUT2D eigenvalue weighted by Gasteiger charge is 2.25. The van der Waals surface area contributed by atoms with E-state index in [9.17, 15) is 8.42 Å². The minimum absolute atomic E-state index is 0.166. The summed E-state index contributed by atoms with van der Waals surface area (Å²) in [6, 6.07) is 9.85. The van der Waals surface area contributed by atoms with Crippen molar-refractivity contribution in [2.75, 3.05) is 4.72 Å². The Morgan fingerprint density at radius 2 is 1.83 bits per heavy atom. The predicted octanol–water partition coefficient (Wildman–Crippen LogP) is 3.09. The van der Waals surface area contributed by atoms with Crippen LogP contribution in [-0.4, -0.2) is 14.5 Å². The molecule has 0 aliphatic carbocycles. The van der Waals surface area contributed by atoms with Gasteiger partial charge in [0.25, 0.3) is 10.0 Å². The lowest BCUT2D eigenvalue weighted by Gasteiger charge is -2.12. The maximum absolute atomic E-state index is 12.7. The number of aryl methyl sites for hydroxylation is 2. The van der Waals surface area contributed by atoms with Crippen molar-refractivity contribution in [3.63, 3.8) is 0 Å². The summed E-state index contributed by atoms with van der Waals surface area (Å²) in [6.45, 7) is 5.90. The standard InChI is InChI=1S/C16H21N3O2S2/c1-10-5-4-6-11(2)16(10)19-23(20,21)15-8-7-14(22-15)13-9-12(3)17-18-13/h4-8,12-13,17-19H,9H2,1-3H3. The normalized spacial score (nSPS) is 21.5. The van der Waals surface area contributed by atoms with Crippen LogP contribution in [0.2, 0.25) is 0 Å². The van der Waals surface area contributed by atoms with Crippen molar-refractivity contribution in [3.05, 3.63) is 46.3 Å². The van der Waals surface area contributed by atoms with Gasteiger partial charge in [0.05, 0.1) is 11.7 Å². The highest BCUT2D eigenvalue weighted by molar-refractivity contribution is 7.94. The summed E-state index contributed by atoms with van der Waals surface area (Å²) in [5, 5.41) is 0. The van der Waals surface area contributed by atoms with E-state index in [1.54, 1.807) is 6.07 Å². The molecule has 1 aliphatic heterocycles. The Bertz CT molecular complexity index is 794. The first-order valence-corrected chi connectivity index (χ1v) is 9.86. The van der Waals surface area contributed by atoms with E-state index in [1.165, 1.54) is 11.3 Å². The number of sulfonamides is 1. The molecule has 0 radical (unpaired) electrons. The summed E-state index contributed by atoms with van der Waals surface area (Å²) in [4.78, 5) is 1.03. The SMILES string of the molecule is Cc1cccc(C)c1NS(=O)(=O)c1ccc(C2CC(C)NN2)s1. The van der Waals surface area contributed by atoms with Crippen LogP contribution in [0.5, 0.6) is 0 Å². The fourth-order valence-electron chi connectivity index (χ4n) is 2.73. The zero-order valence-electron chi connectivity index (χ0n) is 13.4. The predicted molar refractivity (Wildman–Crippen MR) is 94.1 cm³/mol. The molecule has 1 saturated heterocycles. The zero-order chi connectivity index (χ0) is 16.6. The number of benzene rings is 1. The fraction of sp³-hybridized carbons (Fsp3) is 0.375. The van der Waals surface area contributed by atoms with Crippen LogP contribution in [0.4, 0.5) is 5.69 Å². The van der Waals surface area contributed by atoms with Crippen molar-refractivity contribution >= 4 is 27.0 Å². The Morgan fingerprint density at radius 3 is 2.43 bits per heavy atom. The summed E-state index contributed by atoms with van der Waals surface area (Å²) in [6.07, 6.45) is 0.949. The minimum Gasteiger partial charge on any atom is -0.278 e. The van der Waals surface area contributed by atoms with E-state index in [1.807, 2.05) is 38.1 Å². The molecule has 0 saturated carbocycles. The van der Waals surface area contributed by atoms with E-state index >= 15 is 0 Å². The number of hydrogen-bond donors (Lipinski definition) is 3. The van der Waals surface area contributed by atoms with Crippen LogP contribution in [-0.2, 0) is 10.0 Å². The first-order chi connectivity index (χ1) is 10.9. The highest BCUT2D eigenvalue weighted by atomic mass is 32.2. The van der Waals surface area contributed by atoms with Gasteiger partial charge >= 0.3 is 0 Å². The Labute approximate surface area is 141 Å². The molecule has 2 heterocycles. The Kier molecular flexibility index (Phi) is 4.46. The van der Waals surface area contributed by atoms with Gasteiger partial charge in [0.15, 0.2) is 0 Å². The minimum atomic E-state index is -3.56. The summed E-state index contributed by atoms with van der Waals surface area (Å²) in [7, 11) is -3.56. The monoisotopic (exact) mass is 351 g/mol. The molecule has 7 heteroatoms. The van der Waals surface area contributed by atoms with Crippen LogP contribution in [0.15, 0.2) is 34.5 Å². The second-order valence-corrected chi connectivity index (χ2v) is 9.03. The van der Waals surface area contributed by atoms with Gasteiger partial charge in [0.2, 0.25) is 0 Å². The quantitative estimate of drug-likeness (QED) is 0.792. The molecular formula is C16H21N3O2S2. The van der Waals surface area contributed by atoms with Crippen LogP contribution < -0.4 is 15.6 Å². The van der Waals surface area contributed by atoms with Gasteiger partial charge in [-0.1, -0.05) is 18.2 Å². The molecule has 23 heavy (non-hydrogen) atoms. The van der Waals surface area contributed by atoms with Gasteiger partial charge in [-0.3, -0.25) is 10.1 Å². The summed E-state index contributed by atoms with van der Waals surface area (Å²) in [5.74, 6) is 0. The zero-order valence-corrected chi connectivity index (χ0v) is 15.0. The van der Waals surface area contributed by atoms with Crippen LogP contribution in [0.3, 0.4) is 0 Å². The van der Waals surface area contributed by atoms with E-state index < -0.39 is 10.0 Å². The molecule has 1 aromatic heterocycles. The molecule has 2 unspecified atom stereocenters. The van der Waals surface area contributed by atoms with Gasteiger partial charge in [-0.2, -0.15) is 0 Å². The van der Waals surface area contributed by atoms with Crippen molar-refractivity contribution in [2.24, 2.45) is 0 Å². The average molecular weight is 351 g/mol. The number of nitrogens with one attached hydrogen (secondary N) is 3. The van der Waals surface area contributed by atoms with E-state index in [2.05, 4.69) is 22.5 Å². The van der Waals surface area contributed by atoms with Crippen molar-refractivity contribution in [1.29, 1.82) is 0 Å². The van der Waals surface area contributed by atoms with Gasteiger partial charge in [-0.25, -0.2) is 13.8 Å². The molecule has 124 valence electrons. The van der Waals surface area contributed by atoms with Gasteiger partial charge in [-0.15, -0.1) is 11.3 Å². The Hall–Kier alpha value is -1.41. The third kappa shape index (κ3) is 3.42. The topological polar surface area (TPSA) is 70.2 Å². The van der Waals surface area contributed by atoms with Crippen molar-refractivity contribution < 1.29 is 8.42 Å². The smallest absolute Gasteiger partial charge is 0.271 e. The summed E-state index contributed by atoms with van der Waals surface area (Å²) < 4.78 is 28.4. The highest BCUT2D eigenvalue weighted by Crippen LogP contribution is 2.32. The molecule has 1 fully saturated rings. The van der Waals surface area contributed by atoms with Gasteiger partial charge in [-0.05, 0) is 50.5 Å². The van der Waals surface area contributed by atoms with Crippen LogP contribution >= 0.6 is 11.3 Å². The number of thiophene rings is 1. The van der Waals surface area contributed by atoms with Crippen molar-refractivity contribution in [2.45, 2.75) is 43.5 Å². The number of rotatable bonds is 4. The third-order valence-corrected chi connectivity index (χ3v) is 7.06. The second kappa shape index (κ2) is 6.24. The average Bonchev–Trinajstić information content (AvgIpc) is 3.12. The molecule has 2 aromatic rings. The van der Waals surface area contributed by atoms with E-state index in [0.29, 0.717) is 15.9 Å². The lowest BCUT2D eigenvalue weighted by atomic mass is 10.1. The third-order valence-electron chi connectivity index (χ3n) is 4.02. The molecule has 3 N–H and O–H groups in total. The molecule has 1 aliphatic rings. The van der Waals surface area contributed by atoms with Gasteiger partial charge in [0.1, 0.15) is 4.21 Å². The number of hydrogen-bond acceptors (Lipinski definition) is 5. The molecule has 2 atom stereocenters. The lowest BCUT2D eigenvalue weighted by Crippen LogP contribution is -2.28. The second-order valence-electron chi connectivity index (χ2n) is 6.01. The number of para-hydroxylation sites is 1. The van der Waals surface area contributed by atoms with Crippen LogP contribution in [0, 0.1) is 13.8 Å². The molecule has 3 rings (SSSR count). The van der Waals surface area contributed by atoms with Gasteiger partial charge in [0, 0.05) is 10.9 Å². The van der Waals surface area contributed by atoms with Crippen molar-refractivity contribution in [1.82, 2.24) is 10.9 Å². The molecule has 0 spiro atoms. The Morgan fingerprint density at radius 1 is 1.13 bits per heavy atom. The van der Waals surface area contributed by atoms with E-state index in [0.717, 1.165) is 22.4 Å². The van der Waals surface area contributed by atoms with Crippen molar-refractivity contribution in [3.8, 4) is 0 Å². The molecular weight excluding hydrogens is 330 g/mol. The molecule has 1 aromatic carbocycles. The first-order valence-electron chi connectivity index (χ1n) is 7.56. The fourth-order valence-corrected chi connectivity index (χ4v) is 5.32. The maximum Gasteiger partial charge on any atom is 0.271 e. The molecule has 5 nitrogen and oxygen atoms in total. The molecule has 0 amide bonds. The van der Waals surface area contributed by atoms with E-state index in [-0.39, 0.29) is 6.04 Å². The molecule has 0 bridgehead atoms.